The van der Waals surface area contributed by atoms with E-state index in [0.717, 1.165) is 11.9 Å². The van der Waals surface area contributed by atoms with Gasteiger partial charge >= 0.3 is 0 Å². The highest BCUT2D eigenvalue weighted by atomic mass is 19.1. The topological polar surface area (TPSA) is 36.8 Å². The Morgan fingerprint density at radius 1 is 1.10 bits per heavy atom. The Labute approximate surface area is 117 Å². The largest absolute Gasteiger partial charge is 0.369 e. The molecule has 108 valence electrons. The summed E-state index contributed by atoms with van der Waals surface area (Å²) in [5, 5.41) is 3.30. The number of nitrogens with zero attached hydrogens (tertiary/aromatic N) is 2. The maximum Gasteiger partial charge on any atom is 0.135 e. The molecule has 0 spiro atoms. The molecule has 0 fully saturated rings. The van der Waals surface area contributed by atoms with Gasteiger partial charge in [0.25, 0.3) is 0 Å². The van der Waals surface area contributed by atoms with Crippen molar-refractivity contribution in [2.45, 2.75) is 32.7 Å². The van der Waals surface area contributed by atoms with Crippen molar-refractivity contribution in [3.63, 3.8) is 0 Å². The smallest absolute Gasteiger partial charge is 0.135 e. The fourth-order valence-electron chi connectivity index (χ4n) is 2.06. The normalized spacial score (nSPS) is 16.2. The van der Waals surface area contributed by atoms with Crippen molar-refractivity contribution in [3.05, 3.63) is 35.4 Å². The summed E-state index contributed by atoms with van der Waals surface area (Å²) >= 11 is 0. The number of hydrogen-bond donors (Lipinski definition) is 1. The molecule has 5 heteroatoms. The fourth-order valence-corrected chi connectivity index (χ4v) is 2.06. The van der Waals surface area contributed by atoms with Crippen LogP contribution in [0.15, 0.2) is 28.2 Å². The van der Waals surface area contributed by atoms with E-state index in [9.17, 15) is 8.78 Å². The Morgan fingerprint density at radius 3 is 2.45 bits per heavy atom. The van der Waals surface area contributed by atoms with Crippen molar-refractivity contribution in [3.8, 4) is 0 Å². The molecule has 0 atom stereocenters. The van der Waals surface area contributed by atoms with Crippen LogP contribution in [0.4, 0.5) is 8.78 Å². The summed E-state index contributed by atoms with van der Waals surface area (Å²) in [6.07, 6.45) is 0.430. The molecule has 1 N–H and O–H groups in total. The van der Waals surface area contributed by atoms with Crippen molar-refractivity contribution in [1.82, 2.24) is 5.32 Å². The Balaban J connectivity index is 2.24. The van der Waals surface area contributed by atoms with Crippen LogP contribution < -0.4 is 5.32 Å². The van der Waals surface area contributed by atoms with Gasteiger partial charge in [0.1, 0.15) is 17.5 Å². The van der Waals surface area contributed by atoms with Gasteiger partial charge in [-0.1, -0.05) is 0 Å². The average Bonchev–Trinajstić information content (AvgIpc) is 2.52. The third-order valence-electron chi connectivity index (χ3n) is 2.80. The molecular formula is C15H19F2N3. The van der Waals surface area contributed by atoms with E-state index in [1.54, 1.807) is 0 Å². The lowest BCUT2D eigenvalue weighted by molar-refractivity contribution is 0.508. The number of benzene rings is 1. The minimum Gasteiger partial charge on any atom is -0.369 e. The van der Waals surface area contributed by atoms with Crippen molar-refractivity contribution >= 4 is 11.5 Å². The van der Waals surface area contributed by atoms with E-state index in [2.05, 4.69) is 15.3 Å². The molecule has 0 aromatic heterocycles. The summed E-state index contributed by atoms with van der Waals surface area (Å²) in [5.41, 5.74) is 0.836. The van der Waals surface area contributed by atoms with Crippen molar-refractivity contribution in [2.75, 3.05) is 13.1 Å². The van der Waals surface area contributed by atoms with Crippen LogP contribution in [0, 0.1) is 11.6 Å². The summed E-state index contributed by atoms with van der Waals surface area (Å²) < 4.78 is 26.8. The number of rotatable bonds is 1. The molecule has 1 aromatic carbocycles. The zero-order valence-electron chi connectivity index (χ0n) is 12.0. The van der Waals surface area contributed by atoms with Crippen LogP contribution in [-0.2, 0) is 0 Å². The van der Waals surface area contributed by atoms with E-state index in [1.165, 1.54) is 12.1 Å². The van der Waals surface area contributed by atoms with Gasteiger partial charge in [-0.25, -0.2) is 8.78 Å². The summed E-state index contributed by atoms with van der Waals surface area (Å²) in [5.74, 6) is -0.375. The molecule has 0 saturated heterocycles. The highest BCUT2D eigenvalue weighted by Crippen LogP contribution is 2.15. The molecule has 2 rings (SSSR count). The van der Waals surface area contributed by atoms with E-state index < -0.39 is 11.6 Å². The molecule has 1 heterocycles. The lowest BCUT2D eigenvalue weighted by atomic mass is 10.0. The van der Waals surface area contributed by atoms with E-state index >= 15 is 0 Å². The Kier molecular flexibility index (Phi) is 4.16. The number of hydrogen-bond acceptors (Lipinski definition) is 3. The third kappa shape index (κ3) is 3.85. The molecule has 0 radical (unpaired) electrons. The van der Waals surface area contributed by atoms with E-state index in [1.807, 2.05) is 20.8 Å². The molecule has 1 aliphatic rings. The van der Waals surface area contributed by atoms with Gasteiger partial charge in [0.15, 0.2) is 0 Å². The van der Waals surface area contributed by atoms with Crippen LogP contribution in [0.2, 0.25) is 0 Å². The molecule has 1 aliphatic heterocycles. The molecule has 0 saturated carbocycles. The number of aliphatic imine (C=N–C) groups is 2. The SMILES string of the molecule is CC(C)(C)NC1=NCCN=C(c2ccc(F)cc2F)C1. The zero-order valence-corrected chi connectivity index (χ0v) is 12.0. The fraction of sp³-hybridized carbons (Fsp3) is 0.467. The van der Waals surface area contributed by atoms with Crippen LogP contribution in [0.5, 0.6) is 0 Å². The van der Waals surface area contributed by atoms with Crippen molar-refractivity contribution in [2.24, 2.45) is 9.98 Å². The Hall–Kier alpha value is -1.78. The van der Waals surface area contributed by atoms with Crippen molar-refractivity contribution in [1.29, 1.82) is 0 Å². The molecule has 0 bridgehead atoms. The number of amidine groups is 1. The highest BCUT2D eigenvalue weighted by Gasteiger charge is 2.18. The third-order valence-corrected chi connectivity index (χ3v) is 2.80. The zero-order chi connectivity index (χ0) is 14.8. The van der Waals surface area contributed by atoms with E-state index in [4.69, 9.17) is 0 Å². The van der Waals surface area contributed by atoms with Gasteiger partial charge in [0.2, 0.25) is 0 Å². The molecule has 0 amide bonds. The minimum atomic E-state index is -0.583. The van der Waals surface area contributed by atoms with Crippen molar-refractivity contribution < 1.29 is 8.78 Å². The van der Waals surface area contributed by atoms with Gasteiger partial charge in [-0.2, -0.15) is 0 Å². The molecule has 0 aliphatic carbocycles. The summed E-state index contributed by atoms with van der Waals surface area (Å²) in [7, 11) is 0. The first kappa shape index (κ1) is 14.6. The van der Waals surface area contributed by atoms with Gasteiger partial charge in [0.05, 0.1) is 18.8 Å². The standard InChI is InChI=1S/C15H19F2N3/c1-15(2,3)20-14-9-13(18-6-7-19-14)11-5-4-10(16)8-12(11)17/h4-5,8H,6-7,9H2,1-3H3,(H,19,20). The number of halogens is 2. The summed E-state index contributed by atoms with van der Waals surface area (Å²) in [4.78, 5) is 8.79. The second-order valence-electron chi connectivity index (χ2n) is 5.83. The highest BCUT2D eigenvalue weighted by molar-refractivity contribution is 6.12. The van der Waals surface area contributed by atoms with Crippen LogP contribution in [0.1, 0.15) is 32.8 Å². The van der Waals surface area contributed by atoms with Gasteiger partial charge in [0, 0.05) is 23.6 Å². The second kappa shape index (κ2) is 5.69. The second-order valence-corrected chi connectivity index (χ2v) is 5.83. The van der Waals surface area contributed by atoms with E-state index in [0.29, 0.717) is 30.8 Å². The lowest BCUT2D eigenvalue weighted by Crippen LogP contribution is -2.41. The Bertz CT molecular complexity index is 557. The predicted molar refractivity (Wildman–Crippen MR) is 77.6 cm³/mol. The predicted octanol–water partition coefficient (Wildman–Crippen LogP) is 2.94. The Morgan fingerprint density at radius 2 is 1.80 bits per heavy atom. The molecule has 20 heavy (non-hydrogen) atoms. The molecular weight excluding hydrogens is 260 g/mol. The maximum absolute atomic E-state index is 13.9. The van der Waals surface area contributed by atoms with E-state index in [-0.39, 0.29) is 5.54 Å². The van der Waals surface area contributed by atoms with Crippen LogP contribution in [0.3, 0.4) is 0 Å². The van der Waals surface area contributed by atoms with Gasteiger partial charge in [-0.15, -0.1) is 0 Å². The molecule has 0 unspecified atom stereocenters. The minimum absolute atomic E-state index is 0.115. The molecule has 3 nitrogen and oxygen atoms in total. The number of nitrogens with one attached hydrogen (secondary N) is 1. The monoisotopic (exact) mass is 279 g/mol. The van der Waals surface area contributed by atoms with Crippen LogP contribution in [0.25, 0.3) is 0 Å². The quantitative estimate of drug-likeness (QED) is 0.843. The first-order valence-electron chi connectivity index (χ1n) is 6.65. The van der Waals surface area contributed by atoms with Crippen LogP contribution >= 0.6 is 0 Å². The first-order valence-corrected chi connectivity index (χ1v) is 6.65. The first-order chi connectivity index (χ1) is 9.35. The van der Waals surface area contributed by atoms with Crippen LogP contribution in [-0.4, -0.2) is 30.2 Å². The van der Waals surface area contributed by atoms with Gasteiger partial charge < -0.3 is 5.32 Å². The lowest BCUT2D eigenvalue weighted by Gasteiger charge is -2.23. The molecule has 1 aromatic rings. The summed E-state index contributed by atoms with van der Waals surface area (Å²) in [6, 6.07) is 3.57. The maximum atomic E-state index is 13.9. The van der Waals surface area contributed by atoms with Gasteiger partial charge in [-0.05, 0) is 32.9 Å². The summed E-state index contributed by atoms with van der Waals surface area (Å²) in [6.45, 7) is 7.20. The van der Waals surface area contributed by atoms with Gasteiger partial charge in [-0.3, -0.25) is 9.98 Å². The average molecular weight is 279 g/mol.